The van der Waals surface area contributed by atoms with E-state index in [1.165, 1.54) is 0 Å². The molecule has 1 aromatic carbocycles. The lowest BCUT2D eigenvalue weighted by Gasteiger charge is -2.24. The van der Waals surface area contributed by atoms with E-state index in [9.17, 15) is 14.4 Å². The van der Waals surface area contributed by atoms with Crippen molar-refractivity contribution in [2.45, 2.75) is 52.7 Å². The maximum Gasteiger partial charge on any atom is 0.410 e. The summed E-state index contributed by atoms with van der Waals surface area (Å²) in [5.74, 6) is -0.357. The second-order valence-corrected chi connectivity index (χ2v) is 8.49. The number of benzene rings is 1. The van der Waals surface area contributed by atoms with E-state index in [4.69, 9.17) is 4.74 Å². The van der Waals surface area contributed by atoms with Crippen molar-refractivity contribution in [1.29, 1.82) is 0 Å². The number of carbonyl (C=O) groups is 3. The highest BCUT2D eigenvalue weighted by Crippen LogP contribution is 2.19. The average molecular weight is 389 g/mol. The van der Waals surface area contributed by atoms with Gasteiger partial charge in [-0.15, -0.1) is 0 Å². The molecule has 1 aromatic rings. The molecule has 3 amide bonds. The highest BCUT2D eigenvalue weighted by molar-refractivity contribution is 5.98. The van der Waals surface area contributed by atoms with Crippen LogP contribution in [0.5, 0.6) is 0 Å². The standard InChI is InChI=1S/C21H31N3O4/c1-14(2)19(26)23(6)17-9-7-8-15(12-17)18(25)22-16-10-11-24(13-16)20(27)28-21(3,4)5/h7-9,12,14,16H,10-11,13H2,1-6H3,(H,22,25)/t16-/m1/s1. The molecule has 0 unspecified atom stereocenters. The molecule has 1 heterocycles. The van der Waals surface area contributed by atoms with Gasteiger partial charge in [-0.1, -0.05) is 19.9 Å². The van der Waals surface area contributed by atoms with Gasteiger partial charge in [-0.3, -0.25) is 9.59 Å². The van der Waals surface area contributed by atoms with Crippen LogP contribution in [0.4, 0.5) is 10.5 Å². The Morgan fingerprint density at radius 1 is 1.25 bits per heavy atom. The molecule has 1 aliphatic heterocycles. The van der Waals surface area contributed by atoms with Gasteiger partial charge in [-0.25, -0.2) is 4.79 Å². The van der Waals surface area contributed by atoms with Crippen molar-refractivity contribution in [1.82, 2.24) is 10.2 Å². The predicted octanol–water partition coefficient (Wildman–Crippen LogP) is 3.04. The van der Waals surface area contributed by atoms with Gasteiger partial charge in [0.05, 0.1) is 0 Å². The highest BCUT2D eigenvalue weighted by atomic mass is 16.6. The molecule has 0 radical (unpaired) electrons. The SMILES string of the molecule is CC(C)C(=O)N(C)c1cccc(C(=O)N[C@@H]2CCN(C(=O)OC(C)(C)C)C2)c1. The van der Waals surface area contributed by atoms with Crippen molar-refractivity contribution < 1.29 is 19.1 Å². The minimum absolute atomic E-state index is 0.0126. The molecule has 1 aliphatic rings. The smallest absolute Gasteiger partial charge is 0.410 e. The van der Waals surface area contributed by atoms with Crippen molar-refractivity contribution in [2.24, 2.45) is 5.92 Å². The Morgan fingerprint density at radius 2 is 1.93 bits per heavy atom. The second kappa shape index (κ2) is 8.63. The average Bonchev–Trinajstić information content (AvgIpc) is 3.07. The van der Waals surface area contributed by atoms with Crippen LogP contribution in [0, 0.1) is 5.92 Å². The Morgan fingerprint density at radius 3 is 2.54 bits per heavy atom. The van der Waals surface area contributed by atoms with E-state index in [0.717, 1.165) is 0 Å². The van der Waals surface area contributed by atoms with Crippen LogP contribution in [0.25, 0.3) is 0 Å². The lowest BCUT2D eigenvalue weighted by atomic mass is 10.1. The largest absolute Gasteiger partial charge is 0.444 e. The van der Waals surface area contributed by atoms with Gasteiger partial charge in [-0.05, 0) is 45.4 Å². The lowest BCUT2D eigenvalue weighted by molar-refractivity contribution is -0.121. The summed E-state index contributed by atoms with van der Waals surface area (Å²) in [4.78, 5) is 40.1. The van der Waals surface area contributed by atoms with E-state index in [-0.39, 0.29) is 29.9 Å². The fourth-order valence-electron chi connectivity index (χ4n) is 3.01. The van der Waals surface area contributed by atoms with Crippen molar-refractivity contribution in [3.63, 3.8) is 0 Å². The molecule has 1 N–H and O–H groups in total. The first kappa shape index (κ1) is 21.7. The molecule has 1 atom stereocenters. The van der Waals surface area contributed by atoms with Crippen LogP contribution in [0.15, 0.2) is 24.3 Å². The van der Waals surface area contributed by atoms with Crippen LogP contribution in [-0.2, 0) is 9.53 Å². The number of anilines is 1. The Kier molecular flexibility index (Phi) is 6.69. The number of ether oxygens (including phenoxy) is 1. The van der Waals surface area contributed by atoms with Crippen LogP contribution in [0.3, 0.4) is 0 Å². The molecule has 0 spiro atoms. The van der Waals surface area contributed by atoms with E-state index in [2.05, 4.69) is 5.32 Å². The summed E-state index contributed by atoms with van der Waals surface area (Å²) in [5.41, 5.74) is 0.614. The summed E-state index contributed by atoms with van der Waals surface area (Å²) in [6, 6.07) is 6.86. The van der Waals surface area contributed by atoms with Crippen LogP contribution < -0.4 is 10.2 Å². The summed E-state index contributed by atoms with van der Waals surface area (Å²) in [6.45, 7) is 10.1. The summed E-state index contributed by atoms with van der Waals surface area (Å²) in [5, 5.41) is 2.97. The fourth-order valence-corrected chi connectivity index (χ4v) is 3.01. The number of nitrogens with zero attached hydrogens (tertiary/aromatic N) is 2. The first-order chi connectivity index (χ1) is 13.0. The summed E-state index contributed by atoms with van der Waals surface area (Å²) in [6.07, 6.45) is 0.316. The molecule has 0 aliphatic carbocycles. The molecule has 0 saturated carbocycles. The molecule has 7 nitrogen and oxygen atoms in total. The zero-order chi connectivity index (χ0) is 21.1. The maximum absolute atomic E-state index is 12.6. The van der Waals surface area contributed by atoms with Gasteiger partial charge < -0.3 is 19.9 Å². The molecule has 2 rings (SSSR count). The van der Waals surface area contributed by atoms with Crippen molar-refractivity contribution >= 4 is 23.6 Å². The Hall–Kier alpha value is -2.57. The molecule has 0 bridgehead atoms. The predicted molar refractivity (Wildman–Crippen MR) is 108 cm³/mol. The number of hydrogen-bond donors (Lipinski definition) is 1. The zero-order valence-electron chi connectivity index (χ0n) is 17.6. The van der Waals surface area contributed by atoms with Crippen molar-refractivity contribution in [2.75, 3.05) is 25.0 Å². The summed E-state index contributed by atoms with van der Waals surface area (Å²) < 4.78 is 5.38. The molecule has 154 valence electrons. The minimum Gasteiger partial charge on any atom is -0.444 e. The van der Waals surface area contributed by atoms with Gasteiger partial charge in [0.15, 0.2) is 0 Å². The lowest BCUT2D eigenvalue weighted by Crippen LogP contribution is -2.40. The third kappa shape index (κ3) is 5.71. The van der Waals surface area contributed by atoms with Crippen LogP contribution in [0.1, 0.15) is 51.4 Å². The maximum atomic E-state index is 12.6. The third-order valence-corrected chi connectivity index (χ3v) is 4.50. The highest BCUT2D eigenvalue weighted by Gasteiger charge is 2.30. The molecule has 1 saturated heterocycles. The molecule has 1 fully saturated rings. The number of nitrogens with one attached hydrogen (secondary N) is 1. The topological polar surface area (TPSA) is 79.0 Å². The number of amides is 3. The third-order valence-electron chi connectivity index (χ3n) is 4.50. The van der Waals surface area contributed by atoms with E-state index >= 15 is 0 Å². The first-order valence-electron chi connectivity index (χ1n) is 9.64. The quantitative estimate of drug-likeness (QED) is 0.858. The van der Waals surface area contributed by atoms with E-state index in [0.29, 0.717) is 30.8 Å². The van der Waals surface area contributed by atoms with E-state index in [1.807, 2.05) is 34.6 Å². The Balaban J connectivity index is 1.98. The first-order valence-corrected chi connectivity index (χ1v) is 9.64. The van der Waals surface area contributed by atoms with Gasteiger partial charge in [0, 0.05) is 43.3 Å². The molecule has 28 heavy (non-hydrogen) atoms. The van der Waals surface area contributed by atoms with Gasteiger partial charge in [0.2, 0.25) is 5.91 Å². The number of carbonyl (C=O) groups excluding carboxylic acids is 3. The molecule has 0 aromatic heterocycles. The zero-order valence-corrected chi connectivity index (χ0v) is 17.6. The van der Waals surface area contributed by atoms with Gasteiger partial charge >= 0.3 is 6.09 Å². The fraction of sp³-hybridized carbons (Fsp3) is 0.571. The number of rotatable bonds is 4. The van der Waals surface area contributed by atoms with Crippen LogP contribution >= 0.6 is 0 Å². The Labute approximate surface area is 167 Å². The van der Waals surface area contributed by atoms with Gasteiger partial charge in [0.1, 0.15) is 5.60 Å². The summed E-state index contributed by atoms with van der Waals surface area (Å²) >= 11 is 0. The molecular weight excluding hydrogens is 358 g/mol. The van der Waals surface area contributed by atoms with Crippen molar-refractivity contribution in [3.05, 3.63) is 29.8 Å². The van der Waals surface area contributed by atoms with Crippen LogP contribution in [0.2, 0.25) is 0 Å². The molecular formula is C21H31N3O4. The van der Waals surface area contributed by atoms with E-state index < -0.39 is 5.60 Å². The second-order valence-electron chi connectivity index (χ2n) is 8.49. The monoisotopic (exact) mass is 389 g/mol. The van der Waals surface area contributed by atoms with E-state index in [1.54, 1.807) is 41.1 Å². The minimum atomic E-state index is -0.543. The van der Waals surface area contributed by atoms with Gasteiger partial charge in [0.25, 0.3) is 5.91 Å². The Bertz CT molecular complexity index is 739. The number of hydrogen-bond acceptors (Lipinski definition) is 4. The van der Waals surface area contributed by atoms with Gasteiger partial charge in [-0.2, -0.15) is 0 Å². The van der Waals surface area contributed by atoms with Crippen molar-refractivity contribution in [3.8, 4) is 0 Å². The normalized spacial score (nSPS) is 16.8. The van der Waals surface area contributed by atoms with Crippen LogP contribution in [-0.4, -0.2) is 54.6 Å². The summed E-state index contributed by atoms with van der Waals surface area (Å²) in [7, 11) is 1.70. The number of likely N-dealkylation sites (tertiary alicyclic amines) is 1. The molecule has 7 heteroatoms.